The molecule has 2 rings (SSSR count). The van der Waals surface area contributed by atoms with Gasteiger partial charge in [-0.25, -0.2) is 4.21 Å². The molecule has 1 aromatic rings. The van der Waals surface area contributed by atoms with E-state index in [4.69, 9.17) is 4.55 Å². The van der Waals surface area contributed by atoms with Crippen molar-refractivity contribution in [1.29, 1.82) is 0 Å². The Bertz CT molecular complexity index is 340. The fourth-order valence-corrected chi connectivity index (χ4v) is 2.38. The molecule has 1 aliphatic rings. The summed E-state index contributed by atoms with van der Waals surface area (Å²) < 4.78 is 20.1. The quantitative estimate of drug-likeness (QED) is 0.674. The molecule has 0 bridgehead atoms. The van der Waals surface area contributed by atoms with Crippen LogP contribution in [0.1, 0.15) is 17.2 Å². The number of nitrogens with one attached hydrogen (secondary N) is 1. The highest BCUT2D eigenvalue weighted by atomic mass is 32.2. The summed E-state index contributed by atoms with van der Waals surface area (Å²) in [6.45, 7) is 0.772. The summed E-state index contributed by atoms with van der Waals surface area (Å²) in [4.78, 5) is 0. The van der Waals surface area contributed by atoms with Gasteiger partial charge in [0.25, 0.3) is 0 Å². The zero-order valence-corrected chi connectivity index (χ0v) is 7.88. The maximum Gasteiger partial charge on any atom is 0.160 e. The number of para-hydroxylation sites is 1. The maximum absolute atomic E-state index is 11.0. The van der Waals surface area contributed by atoms with Crippen molar-refractivity contribution in [2.24, 2.45) is 0 Å². The lowest BCUT2D eigenvalue weighted by Crippen LogP contribution is -2.19. The molecule has 2 atom stereocenters. The summed E-state index contributed by atoms with van der Waals surface area (Å²) in [6, 6.07) is 7.66. The summed E-state index contributed by atoms with van der Waals surface area (Å²) in [6.07, 6.45) is 0.722. The van der Waals surface area contributed by atoms with Crippen LogP contribution in [0.15, 0.2) is 24.3 Å². The van der Waals surface area contributed by atoms with Gasteiger partial charge in [-0.2, -0.15) is 0 Å². The second-order valence-electron chi connectivity index (χ2n) is 3.07. The molecule has 0 spiro atoms. The molecular formula is C9H11NO2S. The lowest BCUT2D eigenvalue weighted by atomic mass is 10.0. The highest BCUT2D eigenvalue weighted by Crippen LogP contribution is 2.32. The van der Waals surface area contributed by atoms with E-state index in [1.807, 2.05) is 24.3 Å². The number of anilines is 1. The van der Waals surface area contributed by atoms with Crippen molar-refractivity contribution in [3.63, 3.8) is 0 Å². The van der Waals surface area contributed by atoms with Crippen LogP contribution in [0.3, 0.4) is 0 Å². The van der Waals surface area contributed by atoms with E-state index in [-0.39, 0.29) is 5.25 Å². The molecule has 1 heterocycles. The lowest BCUT2D eigenvalue weighted by Gasteiger charge is -2.23. The van der Waals surface area contributed by atoms with Crippen molar-refractivity contribution in [1.82, 2.24) is 0 Å². The van der Waals surface area contributed by atoms with Gasteiger partial charge < -0.3 is 9.87 Å². The van der Waals surface area contributed by atoms with Gasteiger partial charge >= 0.3 is 0 Å². The van der Waals surface area contributed by atoms with E-state index in [0.29, 0.717) is 0 Å². The van der Waals surface area contributed by atoms with Gasteiger partial charge in [0.15, 0.2) is 11.1 Å². The number of rotatable bonds is 1. The summed E-state index contributed by atoms with van der Waals surface area (Å²) >= 11 is -1.75. The predicted octanol–water partition coefficient (Wildman–Crippen LogP) is 1.76. The molecular weight excluding hydrogens is 186 g/mol. The Kier molecular flexibility index (Phi) is 2.33. The van der Waals surface area contributed by atoms with Crippen LogP contribution in [0, 0.1) is 0 Å². The Morgan fingerprint density at radius 2 is 2.23 bits per heavy atom. The molecule has 0 radical (unpaired) electrons. The van der Waals surface area contributed by atoms with Crippen molar-refractivity contribution < 1.29 is 8.76 Å². The first kappa shape index (κ1) is 8.72. The summed E-state index contributed by atoms with van der Waals surface area (Å²) in [5.41, 5.74) is 1.94. The fourth-order valence-electron chi connectivity index (χ4n) is 1.64. The summed E-state index contributed by atoms with van der Waals surface area (Å²) in [7, 11) is 0. The smallest absolute Gasteiger partial charge is 0.160 e. The molecule has 70 valence electrons. The lowest BCUT2D eigenvalue weighted by molar-refractivity contribution is 0.543. The Labute approximate surface area is 79.4 Å². The molecule has 3 nitrogen and oxygen atoms in total. The van der Waals surface area contributed by atoms with Gasteiger partial charge in [-0.3, -0.25) is 0 Å². The molecule has 2 unspecified atom stereocenters. The second-order valence-corrected chi connectivity index (χ2v) is 4.19. The summed E-state index contributed by atoms with van der Waals surface area (Å²) in [5, 5.41) is 2.98. The van der Waals surface area contributed by atoms with E-state index < -0.39 is 11.1 Å². The van der Waals surface area contributed by atoms with E-state index in [2.05, 4.69) is 5.32 Å². The standard InChI is InChI=1S/C9H11NO2S/c11-13(12)9-5-6-10-8-4-2-1-3-7(8)9/h1-4,9-10H,5-6H2,(H,11,12). The van der Waals surface area contributed by atoms with Crippen LogP contribution in [-0.4, -0.2) is 15.3 Å². The average Bonchev–Trinajstić information content (AvgIpc) is 2.17. The number of hydrogen-bond donors (Lipinski definition) is 2. The van der Waals surface area contributed by atoms with Crippen LogP contribution < -0.4 is 5.32 Å². The monoisotopic (exact) mass is 197 g/mol. The van der Waals surface area contributed by atoms with E-state index in [1.54, 1.807) is 0 Å². The van der Waals surface area contributed by atoms with Gasteiger partial charge in [-0.05, 0) is 18.1 Å². The van der Waals surface area contributed by atoms with Gasteiger partial charge in [0.1, 0.15) is 0 Å². The van der Waals surface area contributed by atoms with Gasteiger partial charge in [0.05, 0.1) is 5.25 Å². The molecule has 0 aromatic heterocycles. The van der Waals surface area contributed by atoms with Crippen LogP contribution >= 0.6 is 0 Å². The summed E-state index contributed by atoms with van der Waals surface area (Å²) in [5.74, 6) is 0. The molecule has 0 saturated heterocycles. The van der Waals surface area contributed by atoms with E-state index in [0.717, 1.165) is 24.2 Å². The Hall–Kier alpha value is -0.870. The molecule has 13 heavy (non-hydrogen) atoms. The van der Waals surface area contributed by atoms with Gasteiger partial charge in [0, 0.05) is 12.2 Å². The third-order valence-electron chi connectivity index (χ3n) is 2.27. The molecule has 4 heteroatoms. The zero-order chi connectivity index (χ0) is 9.26. The van der Waals surface area contributed by atoms with Crippen molar-refractivity contribution in [3.05, 3.63) is 29.8 Å². The minimum Gasteiger partial charge on any atom is -0.385 e. The van der Waals surface area contributed by atoms with Gasteiger partial charge in [-0.15, -0.1) is 0 Å². The number of fused-ring (bicyclic) bond motifs is 1. The van der Waals surface area contributed by atoms with Crippen LogP contribution in [0.5, 0.6) is 0 Å². The molecule has 0 saturated carbocycles. The Balaban J connectivity index is 2.42. The molecule has 1 aliphatic heterocycles. The van der Waals surface area contributed by atoms with Crippen molar-refractivity contribution >= 4 is 16.8 Å². The minimum atomic E-state index is -1.75. The van der Waals surface area contributed by atoms with Crippen LogP contribution in [0.25, 0.3) is 0 Å². The minimum absolute atomic E-state index is 0.225. The maximum atomic E-state index is 11.0. The third kappa shape index (κ3) is 1.59. The second kappa shape index (κ2) is 3.47. The van der Waals surface area contributed by atoms with Crippen molar-refractivity contribution in [3.8, 4) is 0 Å². The topological polar surface area (TPSA) is 49.3 Å². The molecule has 0 amide bonds. The third-order valence-corrected chi connectivity index (χ3v) is 3.25. The van der Waals surface area contributed by atoms with E-state index >= 15 is 0 Å². The van der Waals surface area contributed by atoms with Crippen molar-refractivity contribution in [2.45, 2.75) is 11.7 Å². The van der Waals surface area contributed by atoms with Crippen molar-refractivity contribution in [2.75, 3.05) is 11.9 Å². The van der Waals surface area contributed by atoms with Gasteiger partial charge in [0.2, 0.25) is 0 Å². The first-order valence-electron chi connectivity index (χ1n) is 4.21. The highest BCUT2D eigenvalue weighted by molar-refractivity contribution is 7.79. The number of hydrogen-bond acceptors (Lipinski definition) is 2. The first-order chi connectivity index (χ1) is 6.29. The fraction of sp³-hybridized carbons (Fsp3) is 0.333. The van der Waals surface area contributed by atoms with E-state index in [1.165, 1.54) is 0 Å². The Morgan fingerprint density at radius 1 is 1.46 bits per heavy atom. The SMILES string of the molecule is O=S(O)C1CCNc2ccccc21. The predicted molar refractivity (Wildman–Crippen MR) is 53.1 cm³/mol. The average molecular weight is 197 g/mol. The highest BCUT2D eigenvalue weighted by Gasteiger charge is 2.23. The largest absolute Gasteiger partial charge is 0.385 e. The Morgan fingerprint density at radius 3 is 3.00 bits per heavy atom. The van der Waals surface area contributed by atoms with E-state index in [9.17, 15) is 4.21 Å². The normalized spacial score (nSPS) is 23.0. The molecule has 0 aliphatic carbocycles. The molecule has 0 fully saturated rings. The van der Waals surface area contributed by atoms with Gasteiger partial charge in [-0.1, -0.05) is 18.2 Å². The molecule has 1 aromatic carbocycles. The number of benzene rings is 1. The molecule has 2 N–H and O–H groups in total. The van der Waals surface area contributed by atoms with Crippen LogP contribution in [0.2, 0.25) is 0 Å². The van der Waals surface area contributed by atoms with Crippen LogP contribution in [0.4, 0.5) is 5.69 Å². The van der Waals surface area contributed by atoms with Crippen LogP contribution in [-0.2, 0) is 11.1 Å². The zero-order valence-electron chi connectivity index (χ0n) is 7.06. The first-order valence-corrected chi connectivity index (χ1v) is 5.38.